The molecule has 2 aliphatic heterocycles. The molecule has 1 unspecified atom stereocenters. The van der Waals surface area contributed by atoms with E-state index in [0.717, 1.165) is 32.5 Å². The molecule has 1 aromatic carbocycles. The van der Waals surface area contributed by atoms with E-state index in [0.29, 0.717) is 24.2 Å². The third-order valence-corrected chi connectivity index (χ3v) is 6.06. The van der Waals surface area contributed by atoms with Gasteiger partial charge in [0.15, 0.2) is 0 Å². The number of hydrogen-bond acceptors (Lipinski definition) is 4. The number of nitrogens with zero attached hydrogens (tertiary/aromatic N) is 3. The molecule has 2 aliphatic rings. The van der Waals surface area contributed by atoms with E-state index < -0.39 is 12.0 Å². The fourth-order valence-corrected chi connectivity index (χ4v) is 4.18. The molecular weight excluding hydrogens is 321 g/mol. The number of piperidine rings is 1. The lowest BCUT2D eigenvalue weighted by Gasteiger charge is -2.53. The van der Waals surface area contributed by atoms with Crippen LogP contribution in [0.1, 0.15) is 30.0 Å². The average molecular weight is 349 g/mol. The van der Waals surface area contributed by atoms with Crippen LogP contribution in [0.5, 0.6) is 0 Å². The van der Waals surface area contributed by atoms with Crippen LogP contribution in [-0.4, -0.2) is 78.1 Å². The highest BCUT2D eigenvalue weighted by atomic mass is 19.1. The summed E-state index contributed by atoms with van der Waals surface area (Å²) >= 11 is 0. The second kappa shape index (κ2) is 7.02. The molecule has 0 amide bonds. The molecule has 1 spiro atoms. The standard InChI is InChI=1S/C19H28FN3O2/c1-14-4-5-15(12-16(14)20)17(18(24)25)23-11-10-22(3)19(13-23)6-8-21(2)9-7-19/h4-5,12,17H,6-11,13H2,1-3H3,(H,24,25). The number of aryl methyl sites for hydroxylation is 1. The minimum absolute atomic E-state index is 0.0156. The third-order valence-electron chi connectivity index (χ3n) is 6.06. The van der Waals surface area contributed by atoms with Crippen molar-refractivity contribution in [2.75, 3.05) is 46.8 Å². The van der Waals surface area contributed by atoms with Crippen LogP contribution in [0.4, 0.5) is 4.39 Å². The van der Waals surface area contributed by atoms with Crippen LogP contribution in [0.3, 0.4) is 0 Å². The van der Waals surface area contributed by atoms with Crippen LogP contribution in [0.2, 0.25) is 0 Å². The molecule has 0 aromatic heterocycles. The summed E-state index contributed by atoms with van der Waals surface area (Å²) in [6.45, 7) is 5.97. The van der Waals surface area contributed by atoms with Crippen molar-refractivity contribution in [3.05, 3.63) is 35.1 Å². The molecule has 6 heteroatoms. The predicted molar refractivity (Wildman–Crippen MR) is 95.2 cm³/mol. The lowest BCUT2D eigenvalue weighted by molar-refractivity contribution is -0.146. The monoisotopic (exact) mass is 349 g/mol. The van der Waals surface area contributed by atoms with Crippen molar-refractivity contribution in [2.45, 2.75) is 31.3 Å². The van der Waals surface area contributed by atoms with Crippen LogP contribution in [0, 0.1) is 12.7 Å². The predicted octanol–water partition coefficient (Wildman–Crippen LogP) is 1.97. The van der Waals surface area contributed by atoms with Gasteiger partial charge in [-0.1, -0.05) is 12.1 Å². The Labute approximate surface area is 149 Å². The second-order valence-electron chi connectivity index (χ2n) is 7.67. The van der Waals surface area contributed by atoms with Gasteiger partial charge in [-0.15, -0.1) is 0 Å². The topological polar surface area (TPSA) is 47.0 Å². The van der Waals surface area contributed by atoms with Crippen LogP contribution in [0.25, 0.3) is 0 Å². The maximum Gasteiger partial charge on any atom is 0.325 e. The molecule has 0 bridgehead atoms. The molecule has 2 heterocycles. The van der Waals surface area contributed by atoms with Crippen molar-refractivity contribution in [3.8, 4) is 0 Å². The smallest absolute Gasteiger partial charge is 0.325 e. The Bertz CT molecular complexity index is 644. The van der Waals surface area contributed by atoms with Gasteiger partial charge in [0.1, 0.15) is 11.9 Å². The van der Waals surface area contributed by atoms with E-state index in [1.54, 1.807) is 19.1 Å². The molecule has 0 saturated carbocycles. The van der Waals surface area contributed by atoms with Crippen molar-refractivity contribution in [2.24, 2.45) is 0 Å². The molecule has 2 fully saturated rings. The van der Waals surface area contributed by atoms with Gasteiger partial charge in [0.2, 0.25) is 0 Å². The summed E-state index contributed by atoms with van der Waals surface area (Å²) in [7, 11) is 4.27. The van der Waals surface area contributed by atoms with Crippen LogP contribution < -0.4 is 0 Å². The molecule has 1 atom stereocenters. The van der Waals surface area contributed by atoms with Gasteiger partial charge < -0.3 is 10.0 Å². The zero-order chi connectivity index (χ0) is 18.2. The van der Waals surface area contributed by atoms with E-state index in [9.17, 15) is 14.3 Å². The zero-order valence-corrected chi connectivity index (χ0v) is 15.3. The quantitative estimate of drug-likeness (QED) is 0.904. The average Bonchev–Trinajstić information content (AvgIpc) is 2.57. The summed E-state index contributed by atoms with van der Waals surface area (Å²) in [4.78, 5) is 18.8. The summed E-state index contributed by atoms with van der Waals surface area (Å²) in [5.41, 5.74) is 1.09. The molecule has 3 rings (SSSR count). The Morgan fingerprint density at radius 3 is 2.48 bits per heavy atom. The van der Waals surface area contributed by atoms with Gasteiger partial charge in [-0.3, -0.25) is 14.6 Å². The number of likely N-dealkylation sites (N-methyl/N-ethyl adjacent to an activating group) is 1. The van der Waals surface area contributed by atoms with Gasteiger partial charge in [-0.05, 0) is 64.1 Å². The number of halogens is 1. The minimum Gasteiger partial charge on any atom is -0.480 e. The third kappa shape index (κ3) is 3.57. The summed E-state index contributed by atoms with van der Waals surface area (Å²) in [6, 6.07) is 4.01. The highest BCUT2D eigenvalue weighted by Crippen LogP contribution is 2.35. The van der Waals surface area contributed by atoms with Crippen LogP contribution in [-0.2, 0) is 4.79 Å². The Kier molecular flexibility index (Phi) is 5.14. The number of carbonyl (C=O) groups is 1. The normalized spacial score (nSPS) is 23.7. The summed E-state index contributed by atoms with van der Waals surface area (Å²) < 4.78 is 14.0. The maximum atomic E-state index is 14.0. The lowest BCUT2D eigenvalue weighted by Crippen LogP contribution is -2.64. The number of rotatable bonds is 3. The van der Waals surface area contributed by atoms with Crippen molar-refractivity contribution in [1.29, 1.82) is 0 Å². The number of benzene rings is 1. The van der Waals surface area contributed by atoms with Crippen molar-refractivity contribution in [3.63, 3.8) is 0 Å². The van der Waals surface area contributed by atoms with Gasteiger partial charge in [-0.2, -0.15) is 0 Å². The Balaban J connectivity index is 1.86. The molecule has 1 N–H and O–H groups in total. The molecule has 5 nitrogen and oxygen atoms in total. The zero-order valence-electron chi connectivity index (χ0n) is 15.3. The van der Waals surface area contributed by atoms with E-state index in [4.69, 9.17) is 0 Å². The second-order valence-corrected chi connectivity index (χ2v) is 7.67. The van der Waals surface area contributed by atoms with Gasteiger partial charge in [0.05, 0.1) is 0 Å². The van der Waals surface area contributed by atoms with Gasteiger partial charge in [0.25, 0.3) is 0 Å². The van der Waals surface area contributed by atoms with Crippen molar-refractivity contribution >= 4 is 5.97 Å². The van der Waals surface area contributed by atoms with Crippen LogP contribution >= 0.6 is 0 Å². The first-order valence-corrected chi connectivity index (χ1v) is 8.95. The number of carboxylic acid groups (broad SMARTS) is 1. The Morgan fingerprint density at radius 2 is 1.88 bits per heavy atom. The molecule has 138 valence electrons. The van der Waals surface area contributed by atoms with E-state index in [2.05, 4.69) is 23.9 Å². The largest absolute Gasteiger partial charge is 0.480 e. The molecule has 25 heavy (non-hydrogen) atoms. The molecule has 0 aliphatic carbocycles. The van der Waals surface area contributed by atoms with Gasteiger partial charge >= 0.3 is 5.97 Å². The Hall–Kier alpha value is -1.50. The van der Waals surface area contributed by atoms with E-state index in [-0.39, 0.29) is 11.4 Å². The molecule has 2 saturated heterocycles. The first kappa shape index (κ1) is 18.3. The number of carboxylic acids is 1. The van der Waals surface area contributed by atoms with Gasteiger partial charge in [-0.25, -0.2) is 4.39 Å². The molecular formula is C19H28FN3O2. The SMILES string of the molecule is Cc1ccc(C(C(=O)O)N2CCN(C)C3(CCN(C)CC3)C2)cc1F. The fraction of sp³-hybridized carbons (Fsp3) is 0.632. The van der Waals surface area contributed by atoms with Crippen molar-refractivity contribution < 1.29 is 14.3 Å². The first-order chi connectivity index (χ1) is 11.8. The number of hydrogen-bond donors (Lipinski definition) is 1. The number of piperazine rings is 1. The van der Waals surface area contributed by atoms with E-state index in [1.807, 2.05) is 4.90 Å². The van der Waals surface area contributed by atoms with Crippen LogP contribution in [0.15, 0.2) is 18.2 Å². The van der Waals surface area contributed by atoms with E-state index >= 15 is 0 Å². The number of likely N-dealkylation sites (tertiary alicyclic amines) is 1. The van der Waals surface area contributed by atoms with Crippen molar-refractivity contribution in [1.82, 2.24) is 14.7 Å². The lowest BCUT2D eigenvalue weighted by atomic mass is 9.83. The summed E-state index contributed by atoms with van der Waals surface area (Å²) in [5.74, 6) is -1.25. The minimum atomic E-state index is -0.907. The highest BCUT2D eigenvalue weighted by Gasteiger charge is 2.44. The maximum absolute atomic E-state index is 14.0. The first-order valence-electron chi connectivity index (χ1n) is 8.95. The number of aliphatic carboxylic acids is 1. The Morgan fingerprint density at radius 1 is 1.20 bits per heavy atom. The summed E-state index contributed by atoms with van der Waals surface area (Å²) in [5, 5.41) is 9.85. The highest BCUT2D eigenvalue weighted by molar-refractivity contribution is 5.75. The van der Waals surface area contributed by atoms with Gasteiger partial charge in [0, 0.05) is 25.2 Å². The summed E-state index contributed by atoms with van der Waals surface area (Å²) in [6.07, 6.45) is 2.07. The molecule has 1 aromatic rings. The van der Waals surface area contributed by atoms with E-state index in [1.165, 1.54) is 6.07 Å². The fourth-order valence-electron chi connectivity index (χ4n) is 4.18. The molecule has 0 radical (unpaired) electrons.